The minimum absolute atomic E-state index is 1.14. The molecule has 0 N–H and O–H groups in total. The van der Waals surface area contributed by atoms with E-state index >= 15 is 0 Å². The summed E-state index contributed by atoms with van der Waals surface area (Å²) in [6.07, 6.45) is 16.6. The van der Waals surface area contributed by atoms with Gasteiger partial charge in [-0.3, -0.25) is 0 Å². The van der Waals surface area contributed by atoms with Crippen molar-refractivity contribution in [2.45, 2.75) is 52.4 Å². The van der Waals surface area contributed by atoms with Crippen LogP contribution >= 0.6 is 0 Å². The van der Waals surface area contributed by atoms with Gasteiger partial charge in [0.15, 0.2) is 0 Å². The van der Waals surface area contributed by atoms with Gasteiger partial charge in [0.1, 0.15) is 0 Å². The first kappa shape index (κ1) is 11.5. The first-order valence-electron chi connectivity index (χ1n) is 5.23. The van der Waals surface area contributed by atoms with Gasteiger partial charge in [-0.15, -0.1) is 0 Å². The molecule has 12 heavy (non-hydrogen) atoms. The molecule has 0 atom stereocenters. The average molecular weight is 166 g/mol. The SMILES string of the molecule is CCC=C/C=C/CCCCCC. The Labute approximate surface area is 77.4 Å². The second-order valence-corrected chi connectivity index (χ2v) is 3.11. The van der Waals surface area contributed by atoms with Gasteiger partial charge in [0.05, 0.1) is 0 Å². The van der Waals surface area contributed by atoms with Crippen LogP contribution < -0.4 is 0 Å². The highest BCUT2D eigenvalue weighted by Crippen LogP contribution is 2.02. The van der Waals surface area contributed by atoms with E-state index in [0.717, 1.165) is 6.42 Å². The highest BCUT2D eigenvalue weighted by molar-refractivity contribution is 5.01. The predicted octanol–water partition coefficient (Wildman–Crippen LogP) is 4.48. The van der Waals surface area contributed by atoms with Crippen molar-refractivity contribution in [2.75, 3.05) is 0 Å². The van der Waals surface area contributed by atoms with Crippen molar-refractivity contribution in [1.29, 1.82) is 0 Å². The Kier molecular flexibility index (Phi) is 10.0. The maximum atomic E-state index is 2.27. The highest BCUT2D eigenvalue weighted by atomic mass is 13.9. The van der Waals surface area contributed by atoms with Gasteiger partial charge in [0.2, 0.25) is 0 Å². The molecule has 0 aromatic carbocycles. The molecule has 0 aliphatic heterocycles. The Balaban J connectivity index is 3.07. The quantitative estimate of drug-likeness (QED) is 0.386. The van der Waals surface area contributed by atoms with E-state index in [9.17, 15) is 0 Å². The van der Waals surface area contributed by atoms with Crippen molar-refractivity contribution in [2.24, 2.45) is 0 Å². The molecule has 0 saturated heterocycles. The van der Waals surface area contributed by atoms with Crippen LogP contribution in [0, 0.1) is 0 Å². The summed E-state index contributed by atoms with van der Waals surface area (Å²) in [6, 6.07) is 0. The lowest BCUT2D eigenvalue weighted by Gasteiger charge is -1.92. The third kappa shape index (κ3) is 9.48. The molecular weight excluding hydrogens is 144 g/mol. The third-order valence-corrected chi connectivity index (χ3v) is 1.84. The number of hydrogen-bond acceptors (Lipinski definition) is 0. The Morgan fingerprint density at radius 2 is 1.58 bits per heavy atom. The zero-order valence-corrected chi connectivity index (χ0v) is 8.55. The second-order valence-electron chi connectivity index (χ2n) is 3.11. The minimum Gasteiger partial charge on any atom is -0.0848 e. The number of unbranched alkanes of at least 4 members (excludes halogenated alkanes) is 4. The number of hydrogen-bond donors (Lipinski definition) is 0. The van der Waals surface area contributed by atoms with Crippen LogP contribution in [0.2, 0.25) is 0 Å². The van der Waals surface area contributed by atoms with Crippen LogP contribution in [0.25, 0.3) is 0 Å². The largest absolute Gasteiger partial charge is 0.0848 e. The molecule has 0 nitrogen and oxygen atoms in total. The van der Waals surface area contributed by atoms with Crippen molar-refractivity contribution in [3.05, 3.63) is 24.3 Å². The van der Waals surface area contributed by atoms with Gasteiger partial charge in [0.25, 0.3) is 0 Å². The average Bonchev–Trinajstić information content (AvgIpc) is 2.10. The van der Waals surface area contributed by atoms with E-state index in [1.807, 2.05) is 0 Å². The Bertz CT molecular complexity index is 120. The Morgan fingerprint density at radius 3 is 2.25 bits per heavy atom. The molecule has 70 valence electrons. The summed E-state index contributed by atoms with van der Waals surface area (Å²) >= 11 is 0. The molecule has 0 fully saturated rings. The van der Waals surface area contributed by atoms with Gasteiger partial charge in [0, 0.05) is 0 Å². The minimum atomic E-state index is 1.14. The van der Waals surface area contributed by atoms with Crippen LogP contribution in [-0.4, -0.2) is 0 Å². The van der Waals surface area contributed by atoms with Crippen LogP contribution in [0.5, 0.6) is 0 Å². The predicted molar refractivity (Wildman–Crippen MR) is 57.3 cm³/mol. The normalized spacial score (nSPS) is 11.8. The van der Waals surface area contributed by atoms with Crippen molar-refractivity contribution in [3.63, 3.8) is 0 Å². The molecule has 0 bridgehead atoms. The first-order valence-corrected chi connectivity index (χ1v) is 5.23. The van der Waals surface area contributed by atoms with Crippen molar-refractivity contribution < 1.29 is 0 Å². The van der Waals surface area contributed by atoms with E-state index in [2.05, 4.69) is 38.2 Å². The highest BCUT2D eigenvalue weighted by Gasteiger charge is 1.82. The van der Waals surface area contributed by atoms with Crippen LogP contribution in [0.3, 0.4) is 0 Å². The molecule has 0 radical (unpaired) electrons. The zero-order chi connectivity index (χ0) is 9.07. The molecule has 0 aliphatic carbocycles. The lowest BCUT2D eigenvalue weighted by Crippen LogP contribution is -1.72. The van der Waals surface area contributed by atoms with Crippen molar-refractivity contribution >= 4 is 0 Å². The van der Waals surface area contributed by atoms with Gasteiger partial charge in [-0.25, -0.2) is 0 Å². The topological polar surface area (TPSA) is 0 Å². The van der Waals surface area contributed by atoms with Gasteiger partial charge in [-0.2, -0.15) is 0 Å². The lowest BCUT2D eigenvalue weighted by atomic mass is 10.1. The van der Waals surface area contributed by atoms with Gasteiger partial charge in [-0.05, 0) is 19.3 Å². The summed E-state index contributed by atoms with van der Waals surface area (Å²) in [4.78, 5) is 0. The van der Waals surface area contributed by atoms with Crippen LogP contribution in [0.4, 0.5) is 0 Å². The standard InChI is InChI=1S/C12H22/c1-3-5-7-9-11-12-10-8-6-4-2/h5,7,9,11H,3-4,6,8,10,12H2,1-2H3/b7-5?,11-9+. The molecule has 0 amide bonds. The monoisotopic (exact) mass is 166 g/mol. The summed E-state index contributed by atoms with van der Waals surface area (Å²) in [7, 11) is 0. The van der Waals surface area contributed by atoms with E-state index in [4.69, 9.17) is 0 Å². The number of allylic oxidation sites excluding steroid dienone is 4. The lowest BCUT2D eigenvalue weighted by molar-refractivity contribution is 0.674. The maximum Gasteiger partial charge on any atom is -0.0348 e. The fraction of sp³-hybridized carbons (Fsp3) is 0.667. The summed E-state index contributed by atoms with van der Waals surface area (Å²) < 4.78 is 0. The van der Waals surface area contributed by atoms with Gasteiger partial charge >= 0.3 is 0 Å². The molecule has 0 aromatic heterocycles. The van der Waals surface area contributed by atoms with E-state index in [0.29, 0.717) is 0 Å². The van der Waals surface area contributed by atoms with E-state index in [1.54, 1.807) is 0 Å². The number of rotatable bonds is 7. The molecule has 0 heteroatoms. The Morgan fingerprint density at radius 1 is 0.833 bits per heavy atom. The van der Waals surface area contributed by atoms with Crippen molar-refractivity contribution in [1.82, 2.24) is 0 Å². The molecule has 0 saturated carbocycles. The van der Waals surface area contributed by atoms with E-state index in [1.165, 1.54) is 32.1 Å². The second kappa shape index (κ2) is 10.5. The molecule has 0 rings (SSSR count). The summed E-state index contributed by atoms with van der Waals surface area (Å²) in [5.41, 5.74) is 0. The molecule has 0 heterocycles. The van der Waals surface area contributed by atoms with Crippen LogP contribution in [0.1, 0.15) is 52.4 Å². The first-order chi connectivity index (χ1) is 5.91. The smallest absolute Gasteiger partial charge is 0.0348 e. The van der Waals surface area contributed by atoms with E-state index < -0.39 is 0 Å². The molecular formula is C12H22. The van der Waals surface area contributed by atoms with Crippen LogP contribution in [-0.2, 0) is 0 Å². The Hall–Kier alpha value is -0.520. The summed E-state index contributed by atoms with van der Waals surface area (Å²) in [6.45, 7) is 4.41. The van der Waals surface area contributed by atoms with Crippen molar-refractivity contribution in [3.8, 4) is 0 Å². The van der Waals surface area contributed by atoms with Crippen LogP contribution in [0.15, 0.2) is 24.3 Å². The molecule has 0 aliphatic rings. The molecule has 0 aromatic rings. The van der Waals surface area contributed by atoms with E-state index in [-0.39, 0.29) is 0 Å². The molecule has 0 spiro atoms. The fourth-order valence-corrected chi connectivity index (χ4v) is 1.08. The molecule has 0 unspecified atom stereocenters. The van der Waals surface area contributed by atoms with Gasteiger partial charge in [-0.1, -0.05) is 57.4 Å². The van der Waals surface area contributed by atoms with Gasteiger partial charge < -0.3 is 0 Å². The summed E-state index contributed by atoms with van der Waals surface area (Å²) in [5, 5.41) is 0. The zero-order valence-electron chi connectivity index (χ0n) is 8.55. The fourth-order valence-electron chi connectivity index (χ4n) is 1.08. The summed E-state index contributed by atoms with van der Waals surface area (Å²) in [5.74, 6) is 0. The maximum absolute atomic E-state index is 2.27. The third-order valence-electron chi connectivity index (χ3n) is 1.84.